The van der Waals surface area contributed by atoms with Crippen LogP contribution in [-0.2, 0) is 58.5 Å². The van der Waals surface area contributed by atoms with Gasteiger partial charge in [0.25, 0.3) is 0 Å². The van der Waals surface area contributed by atoms with Gasteiger partial charge in [0.1, 0.15) is 5.60 Å². The Balaban J connectivity index is 0.000000153. The molecule has 0 aliphatic rings. The Hall–Kier alpha value is -9.34. The molecule has 10 rings (SSSR count). The van der Waals surface area contributed by atoms with Gasteiger partial charge in [-0.1, -0.05) is 110 Å². The molecule has 22 heteroatoms. The number of ether oxygens (including phenoxy) is 1. The minimum atomic E-state index is -0.808. The summed E-state index contributed by atoms with van der Waals surface area (Å²) in [5.41, 5.74) is 8.91. The highest BCUT2D eigenvalue weighted by molar-refractivity contribution is 6.09. The molecule has 0 atom stereocenters. The second kappa shape index (κ2) is 23.7. The minimum absolute atomic E-state index is 0.0248. The molecular formula is C54H55F3N16O3. The van der Waals surface area contributed by atoms with E-state index in [2.05, 4.69) is 85.2 Å². The van der Waals surface area contributed by atoms with Crippen molar-refractivity contribution in [2.24, 2.45) is 21.1 Å². The quantitative estimate of drug-likeness (QED) is 0.0589. The second-order valence-electron chi connectivity index (χ2n) is 18.4. The zero-order valence-corrected chi connectivity index (χ0v) is 42.8. The van der Waals surface area contributed by atoms with Crippen molar-refractivity contribution < 1.29 is 27.5 Å². The van der Waals surface area contributed by atoms with Gasteiger partial charge in [-0.05, 0) is 55.0 Å². The lowest BCUT2D eigenvalue weighted by molar-refractivity contribution is 0.0523. The molecule has 1 amide bonds. The Kier molecular flexibility index (Phi) is 16.5. The van der Waals surface area contributed by atoms with Gasteiger partial charge in [0, 0.05) is 58.4 Å². The number of hydrogen-bond acceptors (Lipinski definition) is 15. The Morgan fingerprint density at radius 3 is 1.33 bits per heavy atom. The zero-order valence-electron chi connectivity index (χ0n) is 42.8. The monoisotopic (exact) mass is 1030 g/mol. The maximum Gasteiger partial charge on any atom is 0.407 e. The van der Waals surface area contributed by atoms with Crippen LogP contribution in [0.1, 0.15) is 71.4 Å². The minimum Gasteiger partial charge on any atom is -0.444 e. The van der Waals surface area contributed by atoms with Gasteiger partial charge >= 0.3 is 24.3 Å². The standard InChI is InChI=1S/C20H16FN5O.C19H23FN6O2.C15H16FN5/c1-26-12-23-16-18(24-20(21)25-19(16)26)22-11-13-7-9-15(10-8-13)17(27)14-5-3-2-4-6-14;1-19(2,3)28-18(27)22-10-13-7-5-12(6-8-13)9-21-15-14-16(25-17(20)24-15)26(4)11-23-14;1-3-10-5-4-6-11(7-10)8-17-13-12-14(20-15(16)19-13)21(2)9-18-12/h2-10,12H,11H2,1H3,(H,22,24,25);5-8,11H,9-10H2,1-4H3,(H,22,27)(H,21,24,25);4-7,9H,3,8H2,1-2H3,(H,17,19,20). The van der Waals surface area contributed by atoms with E-state index >= 15 is 0 Å². The van der Waals surface area contributed by atoms with Crippen molar-refractivity contribution in [3.63, 3.8) is 0 Å². The van der Waals surface area contributed by atoms with Gasteiger partial charge in [-0.25, -0.2) is 19.7 Å². The third kappa shape index (κ3) is 13.6. The number of amides is 1. The van der Waals surface area contributed by atoms with Crippen molar-refractivity contribution in [1.82, 2.24) is 63.9 Å². The van der Waals surface area contributed by atoms with Crippen molar-refractivity contribution >= 4 is 62.8 Å². The van der Waals surface area contributed by atoms with Crippen molar-refractivity contribution in [3.8, 4) is 0 Å². The summed E-state index contributed by atoms with van der Waals surface area (Å²) in [5.74, 6) is 1.07. The van der Waals surface area contributed by atoms with E-state index in [1.165, 1.54) is 5.56 Å². The number of hydrogen-bond donors (Lipinski definition) is 4. The fourth-order valence-electron chi connectivity index (χ4n) is 7.62. The van der Waals surface area contributed by atoms with Gasteiger partial charge in [0.2, 0.25) is 0 Å². The normalized spacial score (nSPS) is 11.1. The van der Waals surface area contributed by atoms with E-state index in [4.69, 9.17) is 4.74 Å². The van der Waals surface area contributed by atoms with E-state index in [1.807, 2.05) is 87.5 Å². The van der Waals surface area contributed by atoms with E-state index in [-0.39, 0.29) is 5.78 Å². The van der Waals surface area contributed by atoms with Gasteiger partial charge in [-0.3, -0.25) is 4.79 Å². The highest BCUT2D eigenvalue weighted by Gasteiger charge is 2.17. The molecule has 6 aromatic heterocycles. The molecule has 0 aliphatic heterocycles. The molecule has 6 heterocycles. The molecule has 4 aromatic carbocycles. The number of halogens is 3. The molecule has 0 spiro atoms. The maximum atomic E-state index is 13.6. The van der Waals surface area contributed by atoms with Crippen molar-refractivity contribution in [3.05, 3.63) is 179 Å². The number of aryl methyl sites for hydroxylation is 4. The fraction of sp³-hybridized carbons (Fsp3) is 0.241. The van der Waals surface area contributed by atoms with Gasteiger partial charge in [-0.2, -0.15) is 43.1 Å². The number of imidazole rings is 3. The van der Waals surface area contributed by atoms with Crippen LogP contribution in [-0.4, -0.2) is 76.0 Å². The molecule has 0 bridgehead atoms. The van der Waals surface area contributed by atoms with Crippen LogP contribution < -0.4 is 21.3 Å². The first-order chi connectivity index (χ1) is 36.5. The lowest BCUT2D eigenvalue weighted by Gasteiger charge is -2.19. The lowest BCUT2D eigenvalue weighted by Crippen LogP contribution is -2.32. The summed E-state index contributed by atoms with van der Waals surface area (Å²) in [7, 11) is 5.26. The summed E-state index contributed by atoms with van der Waals surface area (Å²) in [6, 6.07) is 32.3. The third-order valence-electron chi connectivity index (χ3n) is 11.5. The predicted molar refractivity (Wildman–Crippen MR) is 282 cm³/mol. The molecule has 0 saturated heterocycles. The molecule has 76 heavy (non-hydrogen) atoms. The highest BCUT2D eigenvalue weighted by atomic mass is 19.1. The van der Waals surface area contributed by atoms with Gasteiger partial charge in [-0.15, -0.1) is 0 Å². The van der Waals surface area contributed by atoms with Crippen LogP contribution in [0.15, 0.2) is 122 Å². The molecule has 0 aliphatic carbocycles. The van der Waals surface area contributed by atoms with Crippen LogP contribution in [0.2, 0.25) is 0 Å². The first-order valence-electron chi connectivity index (χ1n) is 24.1. The Labute approximate surface area is 435 Å². The molecular weight excluding hydrogens is 978 g/mol. The summed E-state index contributed by atoms with van der Waals surface area (Å²) < 4.78 is 50.9. The summed E-state index contributed by atoms with van der Waals surface area (Å²) in [6.07, 6.45) is 2.89. The molecule has 19 nitrogen and oxygen atoms in total. The summed E-state index contributed by atoms with van der Waals surface area (Å²) >= 11 is 0. The molecule has 4 N–H and O–H groups in total. The fourth-order valence-corrected chi connectivity index (χ4v) is 7.62. The number of carbonyl (C=O) groups excluding carboxylic acids is 2. The summed E-state index contributed by atoms with van der Waals surface area (Å²) in [6.45, 7) is 9.36. The smallest absolute Gasteiger partial charge is 0.407 e. The average Bonchev–Trinajstić information content (AvgIpc) is 4.11. The maximum absolute atomic E-state index is 13.6. The van der Waals surface area contributed by atoms with Crippen LogP contribution in [0.3, 0.4) is 0 Å². The molecule has 0 saturated carbocycles. The number of ketones is 1. The molecule has 10 aromatic rings. The Morgan fingerprint density at radius 2 is 0.895 bits per heavy atom. The van der Waals surface area contributed by atoms with Crippen molar-refractivity contribution in [2.75, 3.05) is 16.0 Å². The SMILES string of the molecule is CCc1cccc(CNc2nc(F)nc3c2ncn3C)c1.Cn1cnc2c(NCc3ccc(C(=O)c4ccccc4)cc3)nc(F)nc21.Cn1cnc2c(NCc3ccc(CNC(=O)OC(C)(C)C)cc3)nc(F)nc21. The average molecular weight is 1030 g/mol. The van der Waals surface area contributed by atoms with Crippen LogP contribution in [0.25, 0.3) is 33.5 Å². The lowest BCUT2D eigenvalue weighted by atomic mass is 10.0. The first-order valence-corrected chi connectivity index (χ1v) is 24.1. The number of nitrogens with zero attached hydrogens (tertiary/aromatic N) is 12. The van der Waals surface area contributed by atoms with Crippen LogP contribution in [0.4, 0.5) is 35.4 Å². The number of aromatic nitrogens is 12. The summed E-state index contributed by atoms with van der Waals surface area (Å²) in [4.78, 5) is 59.4. The van der Waals surface area contributed by atoms with Crippen LogP contribution in [0.5, 0.6) is 0 Å². The third-order valence-corrected chi connectivity index (χ3v) is 11.5. The highest BCUT2D eigenvalue weighted by Crippen LogP contribution is 2.22. The second-order valence-corrected chi connectivity index (χ2v) is 18.4. The molecule has 390 valence electrons. The van der Waals surface area contributed by atoms with E-state index in [0.717, 1.165) is 28.7 Å². The largest absolute Gasteiger partial charge is 0.444 e. The van der Waals surface area contributed by atoms with E-state index in [9.17, 15) is 22.8 Å². The number of carbonyl (C=O) groups is 2. The number of anilines is 3. The van der Waals surface area contributed by atoms with Gasteiger partial charge in [0.05, 0.1) is 19.0 Å². The first kappa shape index (κ1) is 53.0. The summed E-state index contributed by atoms with van der Waals surface area (Å²) in [5, 5.41) is 12.0. The van der Waals surface area contributed by atoms with Gasteiger partial charge in [0.15, 0.2) is 56.7 Å². The van der Waals surface area contributed by atoms with Crippen LogP contribution in [0, 0.1) is 18.2 Å². The Morgan fingerprint density at radius 1 is 0.500 bits per heavy atom. The van der Waals surface area contributed by atoms with E-state index in [1.54, 1.807) is 78.1 Å². The van der Waals surface area contributed by atoms with Crippen molar-refractivity contribution in [1.29, 1.82) is 0 Å². The topological polar surface area (TPSA) is 222 Å². The number of fused-ring (bicyclic) bond motifs is 3. The van der Waals surface area contributed by atoms with E-state index in [0.29, 0.717) is 88.3 Å². The zero-order chi connectivity index (χ0) is 53.9. The van der Waals surface area contributed by atoms with Crippen molar-refractivity contribution in [2.45, 2.75) is 65.9 Å². The molecule has 0 unspecified atom stereocenters. The molecule has 0 fully saturated rings. The van der Waals surface area contributed by atoms with Gasteiger partial charge < -0.3 is 39.7 Å². The number of rotatable bonds is 14. The Bertz CT molecular complexity index is 3620. The molecule has 0 radical (unpaired) electrons. The number of benzene rings is 4. The predicted octanol–water partition coefficient (Wildman–Crippen LogP) is 9.16. The number of nitrogens with one attached hydrogen (secondary N) is 4. The van der Waals surface area contributed by atoms with Crippen LogP contribution >= 0.6 is 0 Å². The van der Waals surface area contributed by atoms with E-state index < -0.39 is 29.9 Å². The number of alkyl carbamates (subject to hydrolysis) is 1.